The summed E-state index contributed by atoms with van der Waals surface area (Å²) in [5, 5.41) is 13.6. The Kier molecular flexibility index (Phi) is 13.0. The summed E-state index contributed by atoms with van der Waals surface area (Å²) in [5.74, 6) is 0.547. The fraction of sp³-hybridized carbons (Fsp3) is 0.415. The van der Waals surface area contributed by atoms with Crippen molar-refractivity contribution < 1.29 is 30.0 Å². The fourth-order valence-electron chi connectivity index (χ4n) is 6.80. The van der Waals surface area contributed by atoms with Crippen molar-refractivity contribution >= 4 is 38.5 Å². The van der Waals surface area contributed by atoms with E-state index in [0.717, 1.165) is 48.0 Å². The van der Waals surface area contributed by atoms with Gasteiger partial charge in [0.05, 0.1) is 16.8 Å². The molecule has 0 aliphatic carbocycles. The van der Waals surface area contributed by atoms with Crippen LogP contribution in [0.15, 0.2) is 60.4 Å². The molecule has 5 heteroatoms. The molecule has 0 atom stereocenters. The van der Waals surface area contributed by atoms with E-state index in [4.69, 9.17) is 4.98 Å². The number of aryl methyl sites for hydroxylation is 4. The summed E-state index contributed by atoms with van der Waals surface area (Å²) in [7, 11) is 0. The molecule has 247 valence electrons. The third kappa shape index (κ3) is 7.64. The monoisotopic (exact) mass is 796 g/mol. The van der Waals surface area contributed by atoms with E-state index in [1.54, 1.807) is 0 Å². The summed E-state index contributed by atoms with van der Waals surface area (Å²) in [5.41, 5.74) is 10.7. The average molecular weight is 796 g/mol. The maximum absolute atomic E-state index is 11.7. The van der Waals surface area contributed by atoms with Gasteiger partial charge in [-0.05, 0) is 71.1 Å². The van der Waals surface area contributed by atoms with Crippen molar-refractivity contribution in [1.82, 2.24) is 9.55 Å². The second-order valence-electron chi connectivity index (χ2n) is 12.9. The zero-order valence-electron chi connectivity index (χ0n) is 29.3. The Balaban J connectivity index is 0.000000309. The van der Waals surface area contributed by atoms with Crippen LogP contribution in [-0.2, 0) is 24.9 Å². The van der Waals surface area contributed by atoms with Crippen LogP contribution in [0.25, 0.3) is 44.0 Å². The van der Waals surface area contributed by atoms with Gasteiger partial charge in [0.1, 0.15) is 0 Å². The Morgan fingerprint density at radius 3 is 2.04 bits per heavy atom. The number of carbonyl (C=O) groups excluding carboxylic acids is 1. The first-order valence-electron chi connectivity index (χ1n) is 16.7. The molecule has 0 amide bonds. The summed E-state index contributed by atoms with van der Waals surface area (Å²) in [4.78, 5) is 16.9. The number of ketones is 1. The average Bonchev–Trinajstić information content (AvgIpc) is 3.34. The van der Waals surface area contributed by atoms with Crippen molar-refractivity contribution in [2.45, 2.75) is 101 Å². The molecule has 0 unspecified atom stereocenters. The molecule has 0 aliphatic rings. The second kappa shape index (κ2) is 16.0. The normalized spacial score (nSPS) is 11.9. The van der Waals surface area contributed by atoms with Crippen LogP contribution in [0.3, 0.4) is 0 Å². The number of allylic oxidation sites excluding steroid dienone is 2. The molecule has 5 aromatic rings. The van der Waals surface area contributed by atoms with E-state index in [0.29, 0.717) is 6.04 Å². The predicted octanol–water partition coefficient (Wildman–Crippen LogP) is 11.5. The quantitative estimate of drug-likeness (QED) is 0.0918. The summed E-state index contributed by atoms with van der Waals surface area (Å²) < 4.78 is 2.49. The van der Waals surface area contributed by atoms with Gasteiger partial charge >= 0.3 is 0 Å². The second-order valence-corrected chi connectivity index (χ2v) is 12.9. The molecule has 0 spiro atoms. The summed E-state index contributed by atoms with van der Waals surface area (Å²) >= 11 is 0. The molecule has 2 aromatic heterocycles. The number of carbonyl (C=O) groups is 1. The Hall–Kier alpha value is -3.27. The Bertz CT molecular complexity index is 1840. The number of para-hydroxylation sites is 1. The number of aromatic nitrogens is 2. The first-order valence-corrected chi connectivity index (χ1v) is 16.7. The molecule has 1 N–H and O–H groups in total. The molecule has 0 aliphatic heterocycles. The van der Waals surface area contributed by atoms with Crippen molar-refractivity contribution in [3.8, 4) is 11.3 Å². The molecular weight excluding hydrogens is 745 g/mol. The maximum Gasteiger partial charge on any atom is 0.162 e. The molecule has 1 radical (unpaired) electrons. The maximum atomic E-state index is 11.7. The SMILES string of the molecule is CCC(CC)C(=O)/C=C(\O)C(CC)CC.Cc1[c-]c(-c2nc3ccccc3c3c4cc(C)cc(C)c4n(C(C)C)c23)cc(C)c1.[Ir]. The third-order valence-corrected chi connectivity index (χ3v) is 9.06. The first kappa shape index (κ1) is 37.2. The van der Waals surface area contributed by atoms with Crippen LogP contribution in [0.2, 0.25) is 0 Å². The number of aliphatic hydroxyl groups is 1. The van der Waals surface area contributed by atoms with Crippen LogP contribution >= 0.6 is 0 Å². The number of nitrogens with zero attached hydrogens (tertiary/aromatic N) is 2. The Morgan fingerprint density at radius 2 is 1.46 bits per heavy atom. The van der Waals surface area contributed by atoms with Crippen molar-refractivity contribution in [2.24, 2.45) is 11.8 Å². The number of hydrogen-bond donors (Lipinski definition) is 1. The minimum absolute atomic E-state index is 0. The van der Waals surface area contributed by atoms with Gasteiger partial charge in [0, 0.05) is 71.4 Å². The molecule has 0 fully saturated rings. The largest absolute Gasteiger partial charge is 0.512 e. The molecule has 2 heterocycles. The van der Waals surface area contributed by atoms with Gasteiger partial charge in [-0.3, -0.25) is 9.78 Å². The van der Waals surface area contributed by atoms with E-state index >= 15 is 0 Å². The van der Waals surface area contributed by atoms with Crippen LogP contribution in [0.5, 0.6) is 0 Å². The van der Waals surface area contributed by atoms with Crippen LogP contribution in [0.4, 0.5) is 0 Å². The standard InChI is InChI=1S/C28H27N2.C13H24O2.Ir/c1-16(2)30-27-20(6)12-19(5)15-23(27)25-22-9-7-8-10-24(22)29-26(28(25)30)21-13-17(3)11-18(4)14-21;1-5-10(6-2)12(14)9-13(15)11(7-3)8-4;/h7-13,15-16H,1-6H3;9-11,14H,5-8H2,1-4H3;/q-1;;/b;12-9-;. The molecule has 0 bridgehead atoms. The van der Waals surface area contributed by atoms with Gasteiger partial charge in [-0.15, -0.1) is 34.9 Å². The zero-order valence-corrected chi connectivity index (χ0v) is 31.7. The van der Waals surface area contributed by atoms with Crippen molar-refractivity contribution in [3.05, 3.63) is 88.7 Å². The molecule has 3 aromatic carbocycles. The van der Waals surface area contributed by atoms with Crippen LogP contribution in [0.1, 0.15) is 95.5 Å². The number of pyridine rings is 1. The van der Waals surface area contributed by atoms with E-state index in [-0.39, 0.29) is 43.5 Å². The number of hydrogen-bond acceptors (Lipinski definition) is 3. The third-order valence-electron chi connectivity index (χ3n) is 9.06. The van der Waals surface area contributed by atoms with Gasteiger partial charge in [0.15, 0.2) is 5.78 Å². The van der Waals surface area contributed by atoms with E-state index in [1.807, 2.05) is 27.7 Å². The molecule has 4 nitrogen and oxygen atoms in total. The van der Waals surface area contributed by atoms with Gasteiger partial charge in [-0.2, -0.15) is 0 Å². The summed E-state index contributed by atoms with van der Waals surface area (Å²) in [6, 6.07) is 21.4. The van der Waals surface area contributed by atoms with E-state index < -0.39 is 0 Å². The van der Waals surface area contributed by atoms with Crippen LogP contribution in [-0.4, -0.2) is 20.4 Å². The minimum Gasteiger partial charge on any atom is -0.512 e. The Morgan fingerprint density at radius 1 is 0.848 bits per heavy atom. The molecule has 46 heavy (non-hydrogen) atoms. The van der Waals surface area contributed by atoms with E-state index in [2.05, 4.69) is 101 Å². The van der Waals surface area contributed by atoms with Gasteiger partial charge in [0.2, 0.25) is 0 Å². The zero-order chi connectivity index (χ0) is 33.0. The first-order chi connectivity index (χ1) is 21.4. The molecule has 0 saturated heterocycles. The predicted molar refractivity (Wildman–Crippen MR) is 192 cm³/mol. The Labute approximate surface area is 289 Å². The van der Waals surface area contributed by atoms with Gasteiger partial charge in [-0.1, -0.05) is 71.4 Å². The molecule has 5 rings (SSSR count). The van der Waals surface area contributed by atoms with Crippen molar-refractivity contribution in [2.75, 3.05) is 0 Å². The fourth-order valence-corrected chi connectivity index (χ4v) is 6.80. The van der Waals surface area contributed by atoms with Crippen molar-refractivity contribution in [1.29, 1.82) is 0 Å². The number of benzene rings is 3. The molecule has 0 saturated carbocycles. The topological polar surface area (TPSA) is 55.1 Å². The van der Waals surface area contributed by atoms with E-state index in [1.165, 1.54) is 50.0 Å². The number of aliphatic hydroxyl groups excluding tert-OH is 1. The number of fused-ring (bicyclic) bond motifs is 5. The number of rotatable bonds is 9. The summed E-state index contributed by atoms with van der Waals surface area (Å²) in [6.45, 7) is 21.3. The minimum atomic E-state index is 0. The van der Waals surface area contributed by atoms with Gasteiger partial charge < -0.3 is 9.67 Å². The van der Waals surface area contributed by atoms with Crippen molar-refractivity contribution in [3.63, 3.8) is 0 Å². The van der Waals surface area contributed by atoms with Gasteiger partial charge in [0.25, 0.3) is 0 Å². The van der Waals surface area contributed by atoms with Gasteiger partial charge in [-0.25, -0.2) is 0 Å². The summed E-state index contributed by atoms with van der Waals surface area (Å²) in [6.07, 6.45) is 4.91. The van der Waals surface area contributed by atoms with Crippen LogP contribution in [0, 0.1) is 45.6 Å². The smallest absolute Gasteiger partial charge is 0.162 e. The molecular formula is C41H51IrN2O2-. The van der Waals surface area contributed by atoms with Crippen LogP contribution < -0.4 is 0 Å². The van der Waals surface area contributed by atoms with E-state index in [9.17, 15) is 9.90 Å².